The van der Waals surface area contributed by atoms with Crippen molar-refractivity contribution in [2.24, 2.45) is 11.7 Å². The molecular formula is C7H17N3O. The Morgan fingerprint density at radius 1 is 1.45 bits per heavy atom. The number of amides is 1. The van der Waals surface area contributed by atoms with E-state index in [2.05, 4.69) is 5.43 Å². The Morgan fingerprint density at radius 3 is 2.18 bits per heavy atom. The Hall–Kier alpha value is -0.610. The van der Waals surface area contributed by atoms with Crippen molar-refractivity contribution in [1.82, 2.24) is 10.4 Å². The number of hydrogen-bond donors (Lipinski definition) is 2. The molecular weight excluding hydrogens is 142 g/mol. The Kier molecular flexibility index (Phi) is 4.07. The molecule has 2 unspecified atom stereocenters. The van der Waals surface area contributed by atoms with Gasteiger partial charge in [0.1, 0.15) is 0 Å². The summed E-state index contributed by atoms with van der Waals surface area (Å²) in [5.74, 6) is -0.178. The first-order chi connectivity index (χ1) is 4.95. The van der Waals surface area contributed by atoms with Gasteiger partial charge in [0, 0.05) is 20.1 Å². The van der Waals surface area contributed by atoms with E-state index < -0.39 is 0 Å². The Balaban J connectivity index is 3.83. The number of rotatable bonds is 3. The second-order valence-corrected chi connectivity index (χ2v) is 3.02. The molecule has 0 fully saturated rings. The van der Waals surface area contributed by atoms with Crippen molar-refractivity contribution in [3.05, 3.63) is 0 Å². The molecule has 0 bridgehead atoms. The fourth-order valence-electron chi connectivity index (χ4n) is 0.561. The van der Waals surface area contributed by atoms with Gasteiger partial charge in [0.15, 0.2) is 0 Å². The van der Waals surface area contributed by atoms with Crippen LogP contribution in [0.3, 0.4) is 0 Å². The number of nitrogens with two attached hydrogens (primary N) is 1. The molecule has 0 radical (unpaired) electrons. The minimum Gasteiger partial charge on any atom is -0.327 e. The predicted molar refractivity (Wildman–Crippen MR) is 44.6 cm³/mol. The summed E-state index contributed by atoms with van der Waals surface area (Å²) in [5.41, 5.74) is 8.17. The minimum atomic E-state index is -0.141. The number of nitrogens with one attached hydrogen (secondary N) is 1. The van der Waals surface area contributed by atoms with E-state index >= 15 is 0 Å². The van der Waals surface area contributed by atoms with Crippen LogP contribution in [0.15, 0.2) is 0 Å². The van der Waals surface area contributed by atoms with Gasteiger partial charge >= 0.3 is 0 Å². The van der Waals surface area contributed by atoms with Gasteiger partial charge in [0.25, 0.3) is 0 Å². The normalized spacial score (nSPS) is 16.2. The molecule has 0 saturated heterocycles. The van der Waals surface area contributed by atoms with Gasteiger partial charge in [0.2, 0.25) is 5.91 Å². The van der Waals surface area contributed by atoms with Crippen molar-refractivity contribution in [2.75, 3.05) is 14.1 Å². The van der Waals surface area contributed by atoms with Crippen LogP contribution in [0.1, 0.15) is 13.8 Å². The molecule has 0 spiro atoms. The summed E-state index contributed by atoms with van der Waals surface area (Å²) in [6, 6.07) is -0.102. The van der Waals surface area contributed by atoms with Gasteiger partial charge in [-0.3, -0.25) is 10.2 Å². The van der Waals surface area contributed by atoms with E-state index in [0.29, 0.717) is 0 Å². The lowest BCUT2D eigenvalue weighted by Gasteiger charge is -2.18. The Labute approximate surface area is 67.7 Å². The molecule has 1 amide bonds. The van der Waals surface area contributed by atoms with Gasteiger partial charge in [-0.15, -0.1) is 0 Å². The number of hydrogen-bond acceptors (Lipinski definition) is 3. The van der Waals surface area contributed by atoms with Crippen molar-refractivity contribution in [2.45, 2.75) is 19.9 Å². The Bertz CT molecular complexity index is 134. The molecule has 0 aromatic heterocycles. The number of carbonyl (C=O) groups excluding carboxylic acids is 1. The first kappa shape index (κ1) is 10.4. The maximum absolute atomic E-state index is 11.2. The molecule has 0 heterocycles. The third-order valence-electron chi connectivity index (χ3n) is 1.54. The van der Waals surface area contributed by atoms with E-state index in [1.165, 1.54) is 0 Å². The molecule has 0 aliphatic carbocycles. The average Bonchev–Trinajstić information content (AvgIpc) is 1.84. The SMILES string of the molecule is CC(N)C(C)C(=O)NN(C)C. The number of nitrogens with zero attached hydrogens (tertiary/aromatic N) is 1. The zero-order chi connectivity index (χ0) is 9.02. The van der Waals surface area contributed by atoms with Gasteiger partial charge in [-0.2, -0.15) is 0 Å². The molecule has 0 aliphatic rings. The van der Waals surface area contributed by atoms with Crippen molar-refractivity contribution >= 4 is 5.91 Å². The second-order valence-electron chi connectivity index (χ2n) is 3.02. The van der Waals surface area contributed by atoms with Gasteiger partial charge < -0.3 is 5.73 Å². The number of carbonyl (C=O) groups is 1. The van der Waals surface area contributed by atoms with Crippen LogP contribution in [0.2, 0.25) is 0 Å². The van der Waals surface area contributed by atoms with Gasteiger partial charge in [-0.1, -0.05) is 6.92 Å². The van der Waals surface area contributed by atoms with Crippen LogP contribution < -0.4 is 11.2 Å². The summed E-state index contributed by atoms with van der Waals surface area (Å²) >= 11 is 0. The standard InChI is InChI=1S/C7H17N3O/c1-5(6(2)8)7(11)9-10(3)4/h5-6H,8H2,1-4H3,(H,9,11). The van der Waals surface area contributed by atoms with Crippen LogP contribution in [-0.2, 0) is 4.79 Å². The first-order valence-electron chi connectivity index (χ1n) is 3.68. The van der Waals surface area contributed by atoms with Crippen LogP contribution in [0.5, 0.6) is 0 Å². The van der Waals surface area contributed by atoms with Crippen molar-refractivity contribution in [1.29, 1.82) is 0 Å². The van der Waals surface area contributed by atoms with Crippen molar-refractivity contribution in [3.8, 4) is 0 Å². The maximum Gasteiger partial charge on any atom is 0.238 e. The fourth-order valence-corrected chi connectivity index (χ4v) is 0.561. The van der Waals surface area contributed by atoms with E-state index in [4.69, 9.17) is 5.73 Å². The number of hydrazine groups is 1. The van der Waals surface area contributed by atoms with Crippen molar-refractivity contribution < 1.29 is 4.79 Å². The smallest absolute Gasteiger partial charge is 0.238 e. The second kappa shape index (κ2) is 4.31. The highest BCUT2D eigenvalue weighted by Crippen LogP contribution is 1.98. The zero-order valence-corrected chi connectivity index (χ0v) is 7.59. The quantitative estimate of drug-likeness (QED) is 0.549. The summed E-state index contributed by atoms with van der Waals surface area (Å²) in [5, 5.41) is 1.61. The van der Waals surface area contributed by atoms with Crippen LogP contribution in [0.25, 0.3) is 0 Å². The van der Waals surface area contributed by atoms with Crippen LogP contribution >= 0.6 is 0 Å². The van der Waals surface area contributed by atoms with E-state index in [0.717, 1.165) is 0 Å². The summed E-state index contributed by atoms with van der Waals surface area (Å²) in [6.07, 6.45) is 0. The predicted octanol–water partition coefficient (Wildman–Crippen LogP) is -0.437. The highest BCUT2D eigenvalue weighted by Gasteiger charge is 2.16. The molecule has 4 heteroatoms. The lowest BCUT2D eigenvalue weighted by molar-refractivity contribution is -0.128. The van der Waals surface area contributed by atoms with Gasteiger partial charge in [-0.25, -0.2) is 5.01 Å². The highest BCUT2D eigenvalue weighted by molar-refractivity contribution is 5.78. The molecule has 66 valence electrons. The average molecular weight is 159 g/mol. The summed E-state index contributed by atoms with van der Waals surface area (Å²) in [6.45, 7) is 3.63. The largest absolute Gasteiger partial charge is 0.327 e. The maximum atomic E-state index is 11.2. The first-order valence-corrected chi connectivity index (χ1v) is 3.68. The molecule has 3 N–H and O–H groups in total. The monoisotopic (exact) mass is 159 g/mol. The van der Waals surface area contributed by atoms with E-state index in [-0.39, 0.29) is 17.9 Å². The lowest BCUT2D eigenvalue weighted by atomic mass is 10.0. The molecule has 0 aromatic carbocycles. The lowest BCUT2D eigenvalue weighted by Crippen LogP contribution is -2.44. The van der Waals surface area contributed by atoms with E-state index in [9.17, 15) is 4.79 Å². The molecule has 4 nitrogen and oxygen atoms in total. The zero-order valence-electron chi connectivity index (χ0n) is 7.59. The molecule has 0 aromatic rings. The third kappa shape index (κ3) is 3.95. The summed E-state index contributed by atoms with van der Waals surface area (Å²) < 4.78 is 0. The Morgan fingerprint density at radius 2 is 1.91 bits per heavy atom. The van der Waals surface area contributed by atoms with E-state index in [1.807, 2.05) is 13.8 Å². The minimum absolute atomic E-state index is 0.0370. The van der Waals surface area contributed by atoms with Gasteiger partial charge in [0.05, 0.1) is 5.92 Å². The topological polar surface area (TPSA) is 58.4 Å². The molecule has 0 saturated carbocycles. The van der Waals surface area contributed by atoms with Crippen LogP contribution in [-0.4, -0.2) is 31.1 Å². The molecule has 0 rings (SSSR count). The van der Waals surface area contributed by atoms with Crippen LogP contribution in [0.4, 0.5) is 0 Å². The summed E-state index contributed by atoms with van der Waals surface area (Å²) in [7, 11) is 3.54. The van der Waals surface area contributed by atoms with Crippen LogP contribution in [0, 0.1) is 5.92 Å². The third-order valence-corrected chi connectivity index (χ3v) is 1.54. The van der Waals surface area contributed by atoms with Gasteiger partial charge in [-0.05, 0) is 6.92 Å². The highest BCUT2D eigenvalue weighted by atomic mass is 16.2. The summed E-state index contributed by atoms with van der Waals surface area (Å²) in [4.78, 5) is 11.2. The molecule has 11 heavy (non-hydrogen) atoms. The van der Waals surface area contributed by atoms with Crippen molar-refractivity contribution in [3.63, 3.8) is 0 Å². The molecule has 0 aliphatic heterocycles. The fraction of sp³-hybridized carbons (Fsp3) is 0.857. The van der Waals surface area contributed by atoms with E-state index in [1.54, 1.807) is 19.1 Å². The molecule has 2 atom stereocenters.